The Balaban J connectivity index is 1.67. The smallest absolute Gasteiger partial charge is 0.251 e. The number of carbonyl (C=O) groups excluding carboxylic acids is 1. The molecule has 2 heterocycles. The van der Waals surface area contributed by atoms with Crippen molar-refractivity contribution < 1.29 is 13.2 Å². The second kappa shape index (κ2) is 7.80. The molecule has 6 nitrogen and oxygen atoms in total. The van der Waals surface area contributed by atoms with E-state index < -0.39 is 10.0 Å². The summed E-state index contributed by atoms with van der Waals surface area (Å²) >= 11 is 0. The molecule has 0 spiro atoms. The van der Waals surface area contributed by atoms with Gasteiger partial charge in [-0.25, -0.2) is 8.42 Å². The number of amides is 1. The third-order valence-electron chi connectivity index (χ3n) is 6.04. The fourth-order valence-electron chi connectivity index (χ4n) is 4.49. The number of rotatable bonds is 5. The zero-order chi connectivity index (χ0) is 18.9. The van der Waals surface area contributed by atoms with Crippen LogP contribution in [-0.2, 0) is 10.0 Å². The molecule has 0 aromatic heterocycles. The van der Waals surface area contributed by atoms with E-state index in [2.05, 4.69) is 10.2 Å². The van der Waals surface area contributed by atoms with Crippen LogP contribution in [-0.4, -0.2) is 50.9 Å². The van der Waals surface area contributed by atoms with E-state index in [9.17, 15) is 13.2 Å². The van der Waals surface area contributed by atoms with Crippen molar-refractivity contribution in [2.75, 3.05) is 31.1 Å². The lowest BCUT2D eigenvalue weighted by atomic mass is 10.1. The summed E-state index contributed by atoms with van der Waals surface area (Å²) in [4.78, 5) is 15.1. The average molecular weight is 392 g/mol. The Morgan fingerprint density at radius 3 is 2.22 bits per heavy atom. The molecule has 7 heteroatoms. The lowest BCUT2D eigenvalue weighted by molar-refractivity contribution is 0.0937. The Labute approximate surface area is 162 Å². The summed E-state index contributed by atoms with van der Waals surface area (Å²) in [5, 5.41) is 3.07. The number of anilines is 1. The van der Waals surface area contributed by atoms with Gasteiger partial charge in [-0.1, -0.05) is 12.8 Å². The highest BCUT2D eigenvalue weighted by atomic mass is 32.2. The zero-order valence-corrected chi connectivity index (χ0v) is 16.6. The van der Waals surface area contributed by atoms with E-state index in [4.69, 9.17) is 0 Å². The first-order chi connectivity index (χ1) is 13.1. The van der Waals surface area contributed by atoms with Crippen LogP contribution in [0.1, 0.15) is 61.7 Å². The van der Waals surface area contributed by atoms with Crippen LogP contribution in [0.3, 0.4) is 0 Å². The molecule has 1 N–H and O–H groups in total. The van der Waals surface area contributed by atoms with E-state index in [0.717, 1.165) is 70.1 Å². The molecule has 1 aromatic carbocycles. The summed E-state index contributed by atoms with van der Waals surface area (Å²) in [6, 6.07) is 5.43. The minimum Gasteiger partial charge on any atom is -0.370 e. The molecule has 0 bridgehead atoms. The lowest BCUT2D eigenvalue weighted by Gasteiger charge is -2.25. The van der Waals surface area contributed by atoms with Gasteiger partial charge in [-0.3, -0.25) is 4.79 Å². The molecule has 0 unspecified atom stereocenters. The van der Waals surface area contributed by atoms with Crippen molar-refractivity contribution in [1.82, 2.24) is 9.62 Å². The van der Waals surface area contributed by atoms with Crippen LogP contribution in [0.15, 0.2) is 23.1 Å². The fourth-order valence-corrected chi connectivity index (χ4v) is 6.24. The van der Waals surface area contributed by atoms with Crippen molar-refractivity contribution in [2.24, 2.45) is 0 Å². The Morgan fingerprint density at radius 1 is 0.926 bits per heavy atom. The van der Waals surface area contributed by atoms with Gasteiger partial charge in [0.15, 0.2) is 0 Å². The molecule has 27 heavy (non-hydrogen) atoms. The monoisotopic (exact) mass is 391 g/mol. The minimum absolute atomic E-state index is 0.159. The average Bonchev–Trinajstić information content (AvgIpc) is 3.43. The summed E-state index contributed by atoms with van der Waals surface area (Å²) in [5.41, 5.74) is 1.19. The maximum absolute atomic E-state index is 13.3. The first kappa shape index (κ1) is 18.7. The number of sulfonamides is 1. The van der Waals surface area contributed by atoms with Crippen molar-refractivity contribution in [3.63, 3.8) is 0 Å². The van der Waals surface area contributed by atoms with Crippen molar-refractivity contribution in [2.45, 2.75) is 62.3 Å². The first-order valence-electron chi connectivity index (χ1n) is 10.3. The molecule has 3 fully saturated rings. The van der Waals surface area contributed by atoms with Crippen LogP contribution in [0, 0.1) is 0 Å². The van der Waals surface area contributed by atoms with Crippen molar-refractivity contribution in [1.29, 1.82) is 0 Å². The quantitative estimate of drug-likeness (QED) is 0.838. The van der Waals surface area contributed by atoms with Crippen molar-refractivity contribution >= 4 is 21.6 Å². The number of nitrogens with zero attached hydrogens (tertiary/aromatic N) is 2. The highest BCUT2D eigenvalue weighted by Gasteiger charge is 2.32. The topological polar surface area (TPSA) is 69.7 Å². The van der Waals surface area contributed by atoms with Crippen LogP contribution in [0.2, 0.25) is 0 Å². The van der Waals surface area contributed by atoms with Gasteiger partial charge < -0.3 is 10.2 Å². The molecular weight excluding hydrogens is 362 g/mol. The highest BCUT2D eigenvalue weighted by Crippen LogP contribution is 2.33. The van der Waals surface area contributed by atoms with Gasteiger partial charge in [-0.2, -0.15) is 4.31 Å². The van der Waals surface area contributed by atoms with Crippen LogP contribution in [0.4, 0.5) is 5.69 Å². The largest absolute Gasteiger partial charge is 0.370 e. The van der Waals surface area contributed by atoms with E-state index in [1.54, 1.807) is 16.4 Å². The molecule has 3 aliphatic rings. The van der Waals surface area contributed by atoms with Gasteiger partial charge >= 0.3 is 0 Å². The van der Waals surface area contributed by atoms with Gasteiger partial charge in [-0.05, 0) is 56.7 Å². The van der Waals surface area contributed by atoms with E-state index >= 15 is 0 Å². The Kier molecular flexibility index (Phi) is 5.41. The first-order valence-corrected chi connectivity index (χ1v) is 11.7. The third-order valence-corrected chi connectivity index (χ3v) is 7.97. The lowest BCUT2D eigenvalue weighted by Crippen LogP contribution is -2.33. The SMILES string of the molecule is O=C(NC1CCCC1)c1ccc(N2CCCC2)c(S(=O)(=O)N2CCCC2)c1. The second-order valence-corrected chi connectivity index (χ2v) is 9.85. The van der Waals surface area contributed by atoms with Gasteiger partial charge in [-0.15, -0.1) is 0 Å². The maximum atomic E-state index is 13.3. The highest BCUT2D eigenvalue weighted by molar-refractivity contribution is 7.89. The molecular formula is C20H29N3O3S. The Hall–Kier alpha value is -1.60. The number of hydrogen-bond acceptors (Lipinski definition) is 4. The molecule has 0 radical (unpaired) electrons. The van der Waals surface area contributed by atoms with Gasteiger partial charge in [0.25, 0.3) is 5.91 Å². The van der Waals surface area contributed by atoms with Gasteiger partial charge in [0.1, 0.15) is 4.90 Å². The molecule has 1 aromatic rings. The molecule has 1 aliphatic carbocycles. The predicted octanol–water partition coefficient (Wildman–Crippen LogP) is 2.74. The Morgan fingerprint density at radius 2 is 1.56 bits per heavy atom. The Bertz CT molecular complexity index is 791. The molecule has 148 valence electrons. The zero-order valence-electron chi connectivity index (χ0n) is 15.8. The normalized spacial score (nSPS) is 21.9. The molecule has 2 saturated heterocycles. The summed E-state index contributed by atoms with van der Waals surface area (Å²) < 4.78 is 28.2. The van der Waals surface area contributed by atoms with Gasteiger partial charge in [0.05, 0.1) is 5.69 Å². The van der Waals surface area contributed by atoms with E-state index in [1.807, 2.05) is 6.07 Å². The molecule has 1 saturated carbocycles. The van der Waals surface area contributed by atoms with Crippen molar-refractivity contribution in [3.8, 4) is 0 Å². The number of nitrogens with one attached hydrogen (secondary N) is 1. The summed E-state index contributed by atoms with van der Waals surface area (Å²) in [6.07, 6.45) is 8.27. The number of carbonyl (C=O) groups is 1. The molecule has 0 atom stereocenters. The molecule has 1 amide bonds. The summed E-state index contributed by atoms with van der Waals surface area (Å²) in [5.74, 6) is -0.159. The summed E-state index contributed by atoms with van der Waals surface area (Å²) in [7, 11) is -3.58. The minimum atomic E-state index is -3.58. The van der Waals surface area contributed by atoms with Crippen LogP contribution >= 0.6 is 0 Å². The second-order valence-electron chi connectivity index (χ2n) is 7.94. The third kappa shape index (κ3) is 3.85. The van der Waals surface area contributed by atoms with E-state index in [0.29, 0.717) is 23.5 Å². The van der Waals surface area contributed by atoms with Crippen LogP contribution in [0.5, 0.6) is 0 Å². The van der Waals surface area contributed by atoms with Gasteiger partial charge in [0.2, 0.25) is 10.0 Å². The summed E-state index contributed by atoms with van der Waals surface area (Å²) in [6.45, 7) is 2.88. The van der Waals surface area contributed by atoms with Gasteiger partial charge in [0, 0.05) is 37.8 Å². The standard InChI is InChI=1S/C20H29N3O3S/c24-20(21-17-7-1-2-8-17)16-9-10-18(22-11-3-4-12-22)19(15-16)27(25,26)23-13-5-6-14-23/h9-10,15,17H,1-8,11-14H2,(H,21,24). The maximum Gasteiger partial charge on any atom is 0.251 e. The fraction of sp³-hybridized carbons (Fsp3) is 0.650. The van der Waals surface area contributed by atoms with Crippen molar-refractivity contribution in [3.05, 3.63) is 23.8 Å². The molecule has 4 rings (SSSR count). The van der Waals surface area contributed by atoms with E-state index in [1.165, 1.54) is 0 Å². The van der Waals surface area contributed by atoms with E-state index in [-0.39, 0.29) is 11.9 Å². The number of hydrogen-bond donors (Lipinski definition) is 1. The van der Waals surface area contributed by atoms with Crippen LogP contribution < -0.4 is 10.2 Å². The predicted molar refractivity (Wildman–Crippen MR) is 106 cm³/mol. The number of benzene rings is 1. The molecule has 2 aliphatic heterocycles. The van der Waals surface area contributed by atoms with Crippen LogP contribution in [0.25, 0.3) is 0 Å².